The Hall–Kier alpha value is -4.34. The lowest BCUT2D eigenvalue weighted by Crippen LogP contribution is -2.41. The molecule has 0 radical (unpaired) electrons. The quantitative estimate of drug-likeness (QED) is 0.183. The van der Waals surface area contributed by atoms with Crippen molar-refractivity contribution in [2.75, 3.05) is 19.0 Å². The average Bonchev–Trinajstić information content (AvgIpc) is 2.98. The summed E-state index contributed by atoms with van der Waals surface area (Å²) in [4.78, 5) is 34.2. The Bertz CT molecular complexity index is 1590. The van der Waals surface area contributed by atoms with Crippen molar-refractivity contribution in [3.8, 4) is 11.4 Å². The van der Waals surface area contributed by atoms with Crippen molar-refractivity contribution in [2.45, 2.75) is 58.2 Å². The largest absolute Gasteiger partial charge is 0.495 e. The lowest BCUT2D eigenvalue weighted by Gasteiger charge is -2.33. The fraction of sp³-hybridized carbons (Fsp3) is 0.344. The highest BCUT2D eigenvalue weighted by Crippen LogP contribution is 2.35. The summed E-state index contributed by atoms with van der Waals surface area (Å²) < 4.78 is 48.3. The van der Waals surface area contributed by atoms with Crippen LogP contribution in [-0.4, -0.2) is 34.1 Å². The van der Waals surface area contributed by atoms with Gasteiger partial charge in [0, 0.05) is 6.54 Å². The van der Waals surface area contributed by atoms with Crippen molar-refractivity contribution in [1.29, 1.82) is 0 Å². The van der Waals surface area contributed by atoms with Gasteiger partial charge in [-0.1, -0.05) is 69.5 Å². The minimum absolute atomic E-state index is 0.257. The van der Waals surface area contributed by atoms with E-state index in [9.17, 15) is 22.8 Å². The van der Waals surface area contributed by atoms with Gasteiger partial charge in [0.05, 0.1) is 41.0 Å². The molecule has 1 unspecified atom stereocenters. The third-order valence-electron chi connectivity index (χ3n) is 7.18. The zero-order valence-corrected chi connectivity index (χ0v) is 23.9. The number of carbonyl (C=O) groups excluding carboxylic acids is 1. The molecule has 2 amide bonds. The van der Waals surface area contributed by atoms with Crippen LogP contribution in [0, 0.1) is 0 Å². The molecule has 0 saturated carbocycles. The molecule has 1 N–H and O–H groups in total. The fourth-order valence-corrected chi connectivity index (χ4v) is 5.10. The highest BCUT2D eigenvalue weighted by molar-refractivity contribution is 5.90. The molecule has 4 aromatic rings. The average molecular weight is 581 g/mol. The number of nitrogens with zero attached hydrogens (tertiary/aromatic N) is 3. The highest BCUT2D eigenvalue weighted by atomic mass is 19.4. The predicted molar refractivity (Wildman–Crippen MR) is 158 cm³/mol. The molecule has 10 heteroatoms. The molecule has 1 heterocycles. The van der Waals surface area contributed by atoms with Gasteiger partial charge in [0.25, 0.3) is 5.56 Å². The SMILES string of the molecule is CCCCCCN(C(=O)Nc1ccccc1C(F)(F)F)C(CC)c1nc2ccccc2c(=O)n1-c1ccccc1OC. The van der Waals surface area contributed by atoms with Crippen molar-refractivity contribution >= 4 is 22.6 Å². The Labute approximate surface area is 242 Å². The third-order valence-corrected chi connectivity index (χ3v) is 7.18. The van der Waals surface area contributed by atoms with E-state index in [0.717, 1.165) is 25.3 Å². The van der Waals surface area contributed by atoms with E-state index in [-0.39, 0.29) is 17.8 Å². The van der Waals surface area contributed by atoms with Crippen LogP contribution in [0.2, 0.25) is 0 Å². The number of ether oxygens (including phenoxy) is 1. The highest BCUT2D eigenvalue weighted by Gasteiger charge is 2.35. The molecule has 0 aliphatic carbocycles. The minimum atomic E-state index is -4.65. The second kappa shape index (κ2) is 13.5. The first-order valence-electron chi connectivity index (χ1n) is 14.1. The molecule has 222 valence electrons. The number of alkyl halides is 3. The number of rotatable bonds is 11. The lowest BCUT2D eigenvalue weighted by atomic mass is 10.1. The maximum atomic E-state index is 14.0. The molecule has 0 bridgehead atoms. The van der Waals surface area contributed by atoms with Crippen molar-refractivity contribution in [3.05, 3.63) is 94.5 Å². The molecule has 0 aliphatic rings. The van der Waals surface area contributed by atoms with Gasteiger partial charge in [-0.25, -0.2) is 9.78 Å². The molecular weight excluding hydrogens is 545 g/mol. The first-order chi connectivity index (χ1) is 20.2. The van der Waals surface area contributed by atoms with Gasteiger partial charge in [0.1, 0.15) is 11.6 Å². The van der Waals surface area contributed by atoms with Crippen LogP contribution < -0.4 is 15.6 Å². The van der Waals surface area contributed by atoms with Crippen LogP contribution in [0.1, 0.15) is 63.4 Å². The van der Waals surface area contributed by atoms with E-state index in [4.69, 9.17) is 9.72 Å². The van der Waals surface area contributed by atoms with Crippen LogP contribution in [0.3, 0.4) is 0 Å². The van der Waals surface area contributed by atoms with E-state index >= 15 is 0 Å². The fourth-order valence-electron chi connectivity index (χ4n) is 5.10. The number of para-hydroxylation sites is 4. The number of unbranched alkanes of at least 4 members (excludes halogenated alkanes) is 3. The number of hydrogen-bond acceptors (Lipinski definition) is 4. The number of urea groups is 1. The molecule has 7 nitrogen and oxygen atoms in total. The zero-order valence-electron chi connectivity index (χ0n) is 23.9. The van der Waals surface area contributed by atoms with E-state index < -0.39 is 23.8 Å². The van der Waals surface area contributed by atoms with E-state index in [1.165, 1.54) is 34.8 Å². The Balaban J connectivity index is 1.88. The zero-order chi connectivity index (χ0) is 30.3. The molecule has 1 aromatic heterocycles. The topological polar surface area (TPSA) is 76.5 Å². The lowest BCUT2D eigenvalue weighted by molar-refractivity contribution is -0.136. The Morgan fingerprint density at radius 2 is 1.67 bits per heavy atom. The Morgan fingerprint density at radius 1 is 0.976 bits per heavy atom. The Kier molecular flexibility index (Phi) is 9.88. The normalized spacial score (nSPS) is 12.2. The first-order valence-corrected chi connectivity index (χ1v) is 14.1. The number of hydrogen-bond donors (Lipinski definition) is 1. The molecule has 0 fully saturated rings. The number of anilines is 1. The second-order valence-corrected chi connectivity index (χ2v) is 9.95. The smallest absolute Gasteiger partial charge is 0.418 e. The summed E-state index contributed by atoms with van der Waals surface area (Å²) in [6, 6.07) is 17.4. The van der Waals surface area contributed by atoms with Crippen molar-refractivity contribution in [2.24, 2.45) is 0 Å². The number of methoxy groups -OCH3 is 1. The van der Waals surface area contributed by atoms with Crippen LogP contribution in [0.5, 0.6) is 5.75 Å². The van der Waals surface area contributed by atoms with Gasteiger partial charge in [-0.15, -0.1) is 0 Å². The molecule has 0 aliphatic heterocycles. The van der Waals surface area contributed by atoms with Crippen molar-refractivity contribution in [3.63, 3.8) is 0 Å². The molecule has 3 aromatic carbocycles. The summed E-state index contributed by atoms with van der Waals surface area (Å²) in [5, 5.41) is 2.89. The summed E-state index contributed by atoms with van der Waals surface area (Å²) in [5.74, 6) is 0.728. The summed E-state index contributed by atoms with van der Waals surface area (Å²) in [5.41, 5.74) is -0.710. The number of aromatic nitrogens is 2. The van der Waals surface area contributed by atoms with E-state index in [0.29, 0.717) is 41.0 Å². The van der Waals surface area contributed by atoms with Crippen molar-refractivity contribution < 1.29 is 22.7 Å². The van der Waals surface area contributed by atoms with Gasteiger partial charge in [-0.2, -0.15) is 13.2 Å². The van der Waals surface area contributed by atoms with Gasteiger partial charge in [0.15, 0.2) is 0 Å². The number of amides is 2. The van der Waals surface area contributed by atoms with Crippen molar-refractivity contribution in [1.82, 2.24) is 14.5 Å². The summed E-state index contributed by atoms with van der Waals surface area (Å²) in [6.07, 6.45) is -0.914. The molecule has 4 rings (SSSR count). The van der Waals surface area contributed by atoms with Crippen LogP contribution in [0.15, 0.2) is 77.6 Å². The molecule has 42 heavy (non-hydrogen) atoms. The summed E-state index contributed by atoms with van der Waals surface area (Å²) in [6.45, 7) is 4.18. The second-order valence-electron chi connectivity index (χ2n) is 9.95. The van der Waals surface area contributed by atoms with E-state index in [1.807, 2.05) is 6.92 Å². The van der Waals surface area contributed by atoms with E-state index in [2.05, 4.69) is 12.2 Å². The summed E-state index contributed by atoms with van der Waals surface area (Å²) in [7, 11) is 1.50. The maximum absolute atomic E-state index is 14.0. The first kappa shape index (κ1) is 30.6. The molecule has 1 atom stereocenters. The molecular formula is C32H35F3N4O3. The number of benzene rings is 3. The van der Waals surface area contributed by atoms with Gasteiger partial charge in [0.2, 0.25) is 0 Å². The standard InChI is InChI=1S/C32H35F3N4O3/c1-4-6-7-14-21-38(31(41)37-25-18-11-9-16-23(25)32(33,34)35)26(5-2)29-36-24-17-10-8-15-22(24)30(40)39(29)27-19-12-13-20-28(27)42-3/h8-13,15-20,26H,4-7,14,21H2,1-3H3,(H,37,41). The van der Waals surface area contributed by atoms with Crippen LogP contribution in [0.25, 0.3) is 16.6 Å². The Morgan fingerprint density at radius 3 is 2.38 bits per heavy atom. The van der Waals surface area contributed by atoms with Gasteiger partial charge >= 0.3 is 12.2 Å². The molecule has 0 spiro atoms. The van der Waals surface area contributed by atoms with Gasteiger partial charge in [-0.3, -0.25) is 9.36 Å². The number of carbonyl (C=O) groups is 1. The van der Waals surface area contributed by atoms with Crippen LogP contribution in [-0.2, 0) is 6.18 Å². The number of nitrogens with one attached hydrogen (secondary N) is 1. The maximum Gasteiger partial charge on any atom is 0.418 e. The predicted octanol–water partition coefficient (Wildman–Crippen LogP) is 7.98. The summed E-state index contributed by atoms with van der Waals surface area (Å²) >= 11 is 0. The van der Waals surface area contributed by atoms with Crippen LogP contribution in [0.4, 0.5) is 23.7 Å². The third kappa shape index (κ3) is 6.58. The number of halogens is 3. The van der Waals surface area contributed by atoms with E-state index in [1.54, 1.807) is 48.5 Å². The minimum Gasteiger partial charge on any atom is -0.495 e. The monoisotopic (exact) mass is 580 g/mol. The number of fused-ring (bicyclic) bond motifs is 1. The van der Waals surface area contributed by atoms with Gasteiger partial charge < -0.3 is 15.0 Å². The molecule has 0 saturated heterocycles. The van der Waals surface area contributed by atoms with Crippen LogP contribution >= 0.6 is 0 Å². The van der Waals surface area contributed by atoms with Gasteiger partial charge in [-0.05, 0) is 49.2 Å².